The van der Waals surface area contributed by atoms with Crippen molar-refractivity contribution in [2.24, 2.45) is 7.05 Å². The summed E-state index contributed by atoms with van der Waals surface area (Å²) >= 11 is 0. The summed E-state index contributed by atoms with van der Waals surface area (Å²) in [6.07, 6.45) is 6.65. The molecule has 2 atom stereocenters. The van der Waals surface area contributed by atoms with Crippen molar-refractivity contribution in [2.75, 3.05) is 19.8 Å². The first-order valence-corrected chi connectivity index (χ1v) is 9.82. The zero-order chi connectivity index (χ0) is 19.4. The van der Waals surface area contributed by atoms with Crippen LogP contribution in [0.3, 0.4) is 0 Å². The third-order valence-electron chi connectivity index (χ3n) is 5.39. The molecule has 6 heteroatoms. The van der Waals surface area contributed by atoms with Crippen molar-refractivity contribution >= 4 is 5.91 Å². The van der Waals surface area contributed by atoms with Gasteiger partial charge < -0.3 is 19.4 Å². The summed E-state index contributed by atoms with van der Waals surface area (Å²) in [6, 6.07) is 1.53. The zero-order valence-corrected chi connectivity index (χ0v) is 16.5. The van der Waals surface area contributed by atoms with E-state index in [9.17, 15) is 9.59 Å². The second kappa shape index (κ2) is 8.85. The molecule has 0 aromatic carbocycles. The average molecular weight is 374 g/mol. The predicted octanol–water partition coefficient (Wildman–Crippen LogP) is 2.13. The van der Waals surface area contributed by atoms with E-state index in [-0.39, 0.29) is 29.2 Å². The number of allylic oxidation sites excluding steroid dienone is 1. The largest absolute Gasteiger partial charge is 0.379 e. The Morgan fingerprint density at radius 3 is 2.93 bits per heavy atom. The van der Waals surface area contributed by atoms with Crippen LogP contribution in [0.1, 0.15) is 54.7 Å². The third kappa shape index (κ3) is 4.68. The number of hydrogen-bond acceptors (Lipinski definition) is 4. The van der Waals surface area contributed by atoms with Crippen LogP contribution in [0.5, 0.6) is 0 Å². The third-order valence-corrected chi connectivity index (χ3v) is 5.39. The van der Waals surface area contributed by atoms with E-state index in [4.69, 9.17) is 9.47 Å². The summed E-state index contributed by atoms with van der Waals surface area (Å²) in [7, 11) is 1.76. The molecule has 0 saturated carbocycles. The van der Waals surface area contributed by atoms with E-state index in [0.717, 1.165) is 43.4 Å². The molecule has 148 valence electrons. The molecule has 0 bridgehead atoms. The molecule has 27 heavy (non-hydrogen) atoms. The molecule has 1 amide bonds. The lowest BCUT2D eigenvalue weighted by Crippen LogP contribution is -2.51. The predicted molar refractivity (Wildman–Crippen MR) is 104 cm³/mol. The molecule has 0 unspecified atom stereocenters. The Balaban J connectivity index is 1.74. The Bertz CT molecular complexity index is 777. The number of hydrogen-bond donors (Lipinski definition) is 1. The minimum atomic E-state index is -0.338. The number of nitrogens with one attached hydrogen (secondary N) is 1. The van der Waals surface area contributed by atoms with Crippen LogP contribution in [0.4, 0.5) is 0 Å². The van der Waals surface area contributed by atoms with Crippen LogP contribution in [0.2, 0.25) is 0 Å². The molecule has 1 saturated heterocycles. The molecule has 0 radical (unpaired) electrons. The van der Waals surface area contributed by atoms with Gasteiger partial charge in [-0.2, -0.15) is 0 Å². The van der Waals surface area contributed by atoms with Crippen molar-refractivity contribution in [1.29, 1.82) is 0 Å². The standard InChI is InChI=1S/C21H30N2O4/c1-14(2)8-11-27-19-9-10-26-13-17(19)22-20(24)16-12-15-6-4-5-7-18(15)23(3)21(16)25/h8,12,17,19H,4-7,9-11,13H2,1-3H3,(H,22,24)/t17-,19+/m0/s1. The topological polar surface area (TPSA) is 69.6 Å². The van der Waals surface area contributed by atoms with E-state index < -0.39 is 0 Å². The van der Waals surface area contributed by atoms with Gasteiger partial charge in [-0.15, -0.1) is 0 Å². The molecule has 1 aliphatic heterocycles. The lowest BCUT2D eigenvalue weighted by atomic mass is 9.94. The first-order chi connectivity index (χ1) is 13.0. The Kier molecular flexibility index (Phi) is 6.50. The number of aromatic nitrogens is 1. The fourth-order valence-electron chi connectivity index (χ4n) is 3.79. The van der Waals surface area contributed by atoms with Gasteiger partial charge in [0, 0.05) is 19.3 Å². The number of fused-ring (bicyclic) bond motifs is 1. The highest BCUT2D eigenvalue weighted by atomic mass is 16.5. The summed E-state index contributed by atoms with van der Waals surface area (Å²) in [6.45, 7) is 5.58. The van der Waals surface area contributed by atoms with Gasteiger partial charge in [0.15, 0.2) is 0 Å². The summed E-state index contributed by atoms with van der Waals surface area (Å²) in [5.74, 6) is -0.338. The number of rotatable bonds is 5. The molecule has 1 aromatic heterocycles. The van der Waals surface area contributed by atoms with E-state index in [1.54, 1.807) is 17.7 Å². The molecular formula is C21H30N2O4. The van der Waals surface area contributed by atoms with Crippen LogP contribution >= 0.6 is 0 Å². The fourth-order valence-corrected chi connectivity index (χ4v) is 3.79. The molecule has 1 aromatic rings. The normalized spacial score (nSPS) is 22.0. The Morgan fingerprint density at radius 1 is 1.37 bits per heavy atom. The molecule has 1 N–H and O–H groups in total. The minimum Gasteiger partial charge on any atom is -0.379 e. The molecule has 1 aliphatic carbocycles. The van der Waals surface area contributed by atoms with Crippen LogP contribution in [0, 0.1) is 0 Å². The number of carbonyl (C=O) groups excluding carboxylic acids is 1. The molecule has 3 rings (SSSR count). The van der Waals surface area contributed by atoms with Gasteiger partial charge in [0.2, 0.25) is 0 Å². The van der Waals surface area contributed by atoms with Crippen LogP contribution in [-0.2, 0) is 29.4 Å². The van der Waals surface area contributed by atoms with Gasteiger partial charge in [0.25, 0.3) is 11.5 Å². The second-order valence-corrected chi connectivity index (χ2v) is 7.70. The van der Waals surface area contributed by atoms with Gasteiger partial charge in [0.05, 0.1) is 25.4 Å². The summed E-state index contributed by atoms with van der Waals surface area (Å²) < 4.78 is 13.1. The second-order valence-electron chi connectivity index (χ2n) is 7.70. The van der Waals surface area contributed by atoms with Crippen LogP contribution in [0.25, 0.3) is 0 Å². The van der Waals surface area contributed by atoms with Crippen molar-refractivity contribution in [2.45, 2.75) is 58.1 Å². The molecular weight excluding hydrogens is 344 g/mol. The lowest BCUT2D eigenvalue weighted by molar-refractivity contribution is -0.0457. The van der Waals surface area contributed by atoms with E-state index in [2.05, 4.69) is 5.32 Å². The van der Waals surface area contributed by atoms with E-state index in [1.165, 1.54) is 5.57 Å². The van der Waals surface area contributed by atoms with Crippen molar-refractivity contribution < 1.29 is 14.3 Å². The smallest absolute Gasteiger partial charge is 0.263 e. The lowest BCUT2D eigenvalue weighted by Gasteiger charge is -2.32. The van der Waals surface area contributed by atoms with Gasteiger partial charge in [-0.25, -0.2) is 0 Å². The van der Waals surface area contributed by atoms with Gasteiger partial charge in [-0.1, -0.05) is 11.6 Å². The molecule has 2 heterocycles. The summed E-state index contributed by atoms with van der Waals surface area (Å²) in [5.41, 5.74) is 3.36. The number of nitrogens with zero attached hydrogens (tertiary/aromatic N) is 1. The van der Waals surface area contributed by atoms with E-state index in [1.807, 2.05) is 19.9 Å². The van der Waals surface area contributed by atoms with Crippen LogP contribution in [0.15, 0.2) is 22.5 Å². The van der Waals surface area contributed by atoms with Crippen molar-refractivity contribution in [3.63, 3.8) is 0 Å². The first-order valence-electron chi connectivity index (χ1n) is 9.82. The fraction of sp³-hybridized carbons (Fsp3) is 0.619. The van der Waals surface area contributed by atoms with Crippen molar-refractivity contribution in [3.05, 3.63) is 44.9 Å². The van der Waals surface area contributed by atoms with E-state index in [0.29, 0.717) is 19.8 Å². The zero-order valence-electron chi connectivity index (χ0n) is 16.5. The molecule has 1 fully saturated rings. The SMILES string of the molecule is CC(C)=CCO[C@@H]1CCOC[C@@H]1NC(=O)c1cc2c(n(C)c1=O)CCCC2. The van der Waals surface area contributed by atoms with Crippen molar-refractivity contribution in [1.82, 2.24) is 9.88 Å². The Morgan fingerprint density at radius 2 is 2.15 bits per heavy atom. The van der Waals surface area contributed by atoms with Gasteiger partial charge in [-0.05, 0) is 57.6 Å². The maximum Gasteiger partial charge on any atom is 0.263 e. The highest BCUT2D eigenvalue weighted by molar-refractivity contribution is 5.94. The summed E-state index contributed by atoms with van der Waals surface area (Å²) in [4.78, 5) is 25.5. The monoisotopic (exact) mass is 374 g/mol. The van der Waals surface area contributed by atoms with Gasteiger partial charge in [0.1, 0.15) is 5.56 Å². The number of aryl methyl sites for hydroxylation is 1. The Hall–Kier alpha value is -1.92. The highest BCUT2D eigenvalue weighted by Gasteiger charge is 2.29. The number of carbonyl (C=O) groups is 1. The van der Waals surface area contributed by atoms with E-state index >= 15 is 0 Å². The first kappa shape index (κ1) is 19.8. The maximum absolute atomic E-state index is 12.9. The Labute approximate surface area is 160 Å². The number of ether oxygens (including phenoxy) is 2. The molecule has 6 nitrogen and oxygen atoms in total. The van der Waals surface area contributed by atoms with Gasteiger partial charge >= 0.3 is 0 Å². The maximum atomic E-state index is 12.9. The minimum absolute atomic E-state index is 0.111. The number of pyridine rings is 1. The van der Waals surface area contributed by atoms with Crippen LogP contribution < -0.4 is 10.9 Å². The average Bonchev–Trinajstić information content (AvgIpc) is 2.65. The van der Waals surface area contributed by atoms with Gasteiger partial charge in [-0.3, -0.25) is 9.59 Å². The van der Waals surface area contributed by atoms with Crippen LogP contribution in [-0.4, -0.2) is 42.4 Å². The highest BCUT2D eigenvalue weighted by Crippen LogP contribution is 2.20. The summed E-state index contributed by atoms with van der Waals surface area (Å²) in [5, 5.41) is 2.98. The number of amides is 1. The van der Waals surface area contributed by atoms with Crippen molar-refractivity contribution in [3.8, 4) is 0 Å². The molecule has 0 spiro atoms. The quantitative estimate of drug-likeness (QED) is 0.802. The molecule has 2 aliphatic rings.